The molecular weight excluding hydrogens is 258 g/mol. The van der Waals surface area contributed by atoms with Crippen molar-refractivity contribution in [1.82, 2.24) is 5.32 Å². The lowest BCUT2D eigenvalue weighted by atomic mass is 10.1. The highest BCUT2D eigenvalue weighted by Crippen LogP contribution is 2.09. The smallest absolute Gasteiger partial charge is 0.148 e. The van der Waals surface area contributed by atoms with Crippen LogP contribution in [0.3, 0.4) is 0 Å². The van der Waals surface area contributed by atoms with Gasteiger partial charge in [-0.25, -0.2) is 8.42 Å². The fourth-order valence-electron chi connectivity index (χ4n) is 1.63. The van der Waals surface area contributed by atoms with Crippen molar-refractivity contribution in [3.05, 3.63) is 34.9 Å². The zero-order chi connectivity index (χ0) is 12.9. The molecule has 1 N–H and O–H groups in total. The molecule has 1 atom stereocenters. The minimum atomic E-state index is -2.90. The van der Waals surface area contributed by atoms with Gasteiger partial charge in [-0.3, -0.25) is 0 Å². The summed E-state index contributed by atoms with van der Waals surface area (Å²) in [5, 5.41) is 3.92. The van der Waals surface area contributed by atoms with E-state index >= 15 is 0 Å². The number of rotatable bonds is 6. The van der Waals surface area contributed by atoms with Crippen molar-refractivity contribution in [1.29, 1.82) is 0 Å². The Morgan fingerprint density at radius 1 is 1.29 bits per heavy atom. The number of halogens is 1. The molecule has 1 unspecified atom stereocenters. The molecule has 0 radical (unpaired) electrons. The molecule has 0 saturated carbocycles. The lowest BCUT2D eigenvalue weighted by Crippen LogP contribution is -2.34. The van der Waals surface area contributed by atoms with Gasteiger partial charge in [-0.05, 0) is 37.6 Å². The van der Waals surface area contributed by atoms with E-state index < -0.39 is 9.84 Å². The monoisotopic (exact) mass is 275 g/mol. The van der Waals surface area contributed by atoms with Gasteiger partial charge < -0.3 is 5.32 Å². The first-order chi connectivity index (χ1) is 7.87. The van der Waals surface area contributed by atoms with E-state index in [0.717, 1.165) is 18.0 Å². The van der Waals surface area contributed by atoms with Gasteiger partial charge >= 0.3 is 0 Å². The number of nitrogens with one attached hydrogen (secondary N) is 1. The molecule has 0 heterocycles. The standard InChI is InChI=1S/C12H18ClNO2S/c1-10(9-17(2,15)16)14-8-7-11-3-5-12(13)6-4-11/h3-6,10,14H,7-9H2,1-2H3. The average molecular weight is 276 g/mol. The highest BCUT2D eigenvalue weighted by molar-refractivity contribution is 7.90. The van der Waals surface area contributed by atoms with Crippen molar-refractivity contribution in [2.24, 2.45) is 0 Å². The summed E-state index contributed by atoms with van der Waals surface area (Å²) in [4.78, 5) is 0. The summed E-state index contributed by atoms with van der Waals surface area (Å²) in [6.45, 7) is 2.64. The van der Waals surface area contributed by atoms with Crippen molar-refractivity contribution in [3.63, 3.8) is 0 Å². The first kappa shape index (κ1) is 14.5. The summed E-state index contributed by atoms with van der Waals surface area (Å²) < 4.78 is 22.1. The predicted octanol–water partition coefficient (Wildman–Crippen LogP) is 1.91. The van der Waals surface area contributed by atoms with Crippen LogP contribution in [0.15, 0.2) is 24.3 Å². The highest BCUT2D eigenvalue weighted by Gasteiger charge is 2.09. The summed E-state index contributed by atoms with van der Waals surface area (Å²) in [7, 11) is -2.90. The molecule has 1 rings (SSSR count). The molecule has 0 amide bonds. The quantitative estimate of drug-likeness (QED) is 0.863. The third kappa shape index (κ3) is 6.66. The topological polar surface area (TPSA) is 46.2 Å². The predicted molar refractivity (Wildman–Crippen MR) is 72.3 cm³/mol. The van der Waals surface area contributed by atoms with Crippen molar-refractivity contribution >= 4 is 21.4 Å². The Balaban J connectivity index is 2.30. The van der Waals surface area contributed by atoms with Crippen molar-refractivity contribution in [3.8, 4) is 0 Å². The van der Waals surface area contributed by atoms with Crippen LogP contribution in [0.5, 0.6) is 0 Å². The van der Waals surface area contributed by atoms with Gasteiger partial charge in [-0.1, -0.05) is 23.7 Å². The van der Waals surface area contributed by atoms with E-state index in [4.69, 9.17) is 11.6 Å². The Kier molecular flexibility index (Phi) is 5.43. The van der Waals surface area contributed by atoms with Gasteiger partial charge in [0.2, 0.25) is 0 Å². The van der Waals surface area contributed by atoms with Crippen molar-refractivity contribution < 1.29 is 8.42 Å². The summed E-state index contributed by atoms with van der Waals surface area (Å²) in [6.07, 6.45) is 2.12. The number of hydrogen-bond donors (Lipinski definition) is 1. The third-order valence-electron chi connectivity index (χ3n) is 2.37. The summed E-state index contributed by atoms with van der Waals surface area (Å²) >= 11 is 5.79. The van der Waals surface area contributed by atoms with Crippen LogP contribution in [0.2, 0.25) is 5.02 Å². The van der Waals surface area contributed by atoms with E-state index in [1.807, 2.05) is 31.2 Å². The summed E-state index contributed by atoms with van der Waals surface area (Å²) in [5.74, 6) is 0.174. The maximum Gasteiger partial charge on any atom is 0.148 e. The molecule has 0 aromatic heterocycles. The molecule has 5 heteroatoms. The molecule has 17 heavy (non-hydrogen) atoms. The van der Waals surface area contributed by atoms with Gasteiger partial charge in [0.1, 0.15) is 9.84 Å². The van der Waals surface area contributed by atoms with E-state index in [0.29, 0.717) is 0 Å². The molecule has 0 aliphatic rings. The summed E-state index contributed by atoms with van der Waals surface area (Å²) in [5.41, 5.74) is 1.19. The first-order valence-electron chi connectivity index (χ1n) is 5.52. The highest BCUT2D eigenvalue weighted by atomic mass is 35.5. The van der Waals surface area contributed by atoms with Gasteiger partial charge in [0.25, 0.3) is 0 Å². The SMILES string of the molecule is CC(CS(C)(=O)=O)NCCc1ccc(Cl)cc1. The fraction of sp³-hybridized carbons (Fsp3) is 0.500. The van der Waals surface area contributed by atoms with Crippen LogP contribution < -0.4 is 5.32 Å². The van der Waals surface area contributed by atoms with E-state index in [-0.39, 0.29) is 11.8 Å². The Labute approximate surface area is 108 Å². The van der Waals surface area contributed by atoms with E-state index in [2.05, 4.69) is 5.32 Å². The number of hydrogen-bond acceptors (Lipinski definition) is 3. The van der Waals surface area contributed by atoms with Crippen molar-refractivity contribution in [2.45, 2.75) is 19.4 Å². The van der Waals surface area contributed by atoms with Gasteiger partial charge in [0, 0.05) is 17.3 Å². The molecule has 0 bridgehead atoms. The third-order valence-corrected chi connectivity index (χ3v) is 3.73. The molecule has 0 spiro atoms. The molecule has 0 saturated heterocycles. The maximum atomic E-state index is 11.1. The molecule has 96 valence electrons. The zero-order valence-corrected chi connectivity index (χ0v) is 11.7. The van der Waals surface area contributed by atoms with Crippen LogP contribution in [0.4, 0.5) is 0 Å². The van der Waals surface area contributed by atoms with Gasteiger partial charge in [0.05, 0.1) is 5.75 Å². The number of sulfone groups is 1. The second-order valence-corrected chi connectivity index (χ2v) is 6.95. The molecule has 1 aromatic rings. The Bertz CT molecular complexity index is 442. The Morgan fingerprint density at radius 2 is 1.88 bits per heavy atom. The lowest BCUT2D eigenvalue weighted by Gasteiger charge is -2.12. The molecule has 1 aromatic carbocycles. The normalized spacial score (nSPS) is 13.6. The van der Waals surface area contributed by atoms with E-state index in [9.17, 15) is 8.42 Å². The second kappa shape index (κ2) is 6.38. The lowest BCUT2D eigenvalue weighted by molar-refractivity contribution is 0.562. The number of benzene rings is 1. The maximum absolute atomic E-state index is 11.1. The van der Waals surface area contributed by atoms with Crippen LogP contribution in [-0.4, -0.2) is 33.0 Å². The minimum absolute atomic E-state index is 0.0164. The van der Waals surface area contributed by atoms with Crippen molar-refractivity contribution in [2.75, 3.05) is 18.6 Å². The van der Waals surface area contributed by atoms with Crippen LogP contribution in [0.25, 0.3) is 0 Å². The average Bonchev–Trinajstić information content (AvgIpc) is 2.18. The van der Waals surface area contributed by atoms with Gasteiger partial charge in [0.15, 0.2) is 0 Å². The zero-order valence-electron chi connectivity index (χ0n) is 10.1. The van der Waals surface area contributed by atoms with Crippen LogP contribution >= 0.6 is 11.6 Å². The second-order valence-electron chi connectivity index (χ2n) is 4.32. The largest absolute Gasteiger partial charge is 0.313 e. The fourth-order valence-corrected chi connectivity index (χ4v) is 2.78. The van der Waals surface area contributed by atoms with E-state index in [1.165, 1.54) is 11.8 Å². The van der Waals surface area contributed by atoms with Crippen LogP contribution in [0, 0.1) is 0 Å². The molecular formula is C12H18ClNO2S. The summed E-state index contributed by atoms with van der Waals surface area (Å²) in [6, 6.07) is 7.65. The molecule has 3 nitrogen and oxygen atoms in total. The van der Waals surface area contributed by atoms with Crippen LogP contribution in [0.1, 0.15) is 12.5 Å². The minimum Gasteiger partial charge on any atom is -0.313 e. The Hall–Kier alpha value is -0.580. The van der Waals surface area contributed by atoms with E-state index in [1.54, 1.807) is 0 Å². The van der Waals surface area contributed by atoms with Gasteiger partial charge in [-0.2, -0.15) is 0 Å². The van der Waals surface area contributed by atoms with Crippen LogP contribution in [-0.2, 0) is 16.3 Å². The molecule has 0 aliphatic heterocycles. The molecule has 0 fully saturated rings. The first-order valence-corrected chi connectivity index (χ1v) is 7.96. The Morgan fingerprint density at radius 3 is 2.41 bits per heavy atom. The molecule has 0 aliphatic carbocycles. The van der Waals surface area contributed by atoms with Gasteiger partial charge in [-0.15, -0.1) is 0 Å².